The molecule has 380 valence electrons. The van der Waals surface area contributed by atoms with Crippen LogP contribution in [0.15, 0.2) is 60.9 Å². The summed E-state index contributed by atoms with van der Waals surface area (Å²) in [5.41, 5.74) is 14.4. The number of para-hydroxylation sites is 2. The number of aromatic amines is 2. The number of carbonyl (C=O) groups is 2. The van der Waals surface area contributed by atoms with Gasteiger partial charge in [-0.05, 0) is 315 Å². The van der Waals surface area contributed by atoms with Gasteiger partial charge in [0.25, 0.3) is 11.8 Å². The largest absolute Gasteiger partial charge is 0.360 e. The number of amides is 2. The van der Waals surface area contributed by atoms with Crippen LogP contribution in [0.5, 0.6) is 0 Å². The minimum atomic E-state index is -0.510. The van der Waals surface area contributed by atoms with E-state index in [-0.39, 0.29) is 11.8 Å². The van der Waals surface area contributed by atoms with Gasteiger partial charge >= 0.3 is 0 Å². The van der Waals surface area contributed by atoms with Crippen LogP contribution in [0.4, 0.5) is 0 Å². The van der Waals surface area contributed by atoms with Crippen molar-refractivity contribution in [3.8, 4) is 0 Å². The Hall–Kier alpha value is -10.8. The molecule has 4 spiro atoms. The number of likely N-dealkylation sites (tertiary alicyclic amines) is 2. The van der Waals surface area contributed by atoms with E-state index in [2.05, 4.69) is 68.3 Å². The average molecular weight is 1090 g/mol. The standard InChI is InChI=1S/C82H20N4O2/c87-77(17-9-83-19-7-3-1-5-15(17)19)85-11-79-69-53-37-21-23-41-29-25(37)45-33-34-46-26-30-42-24-22-38(26)54(70(79)62(46)61(45)69)56-40(22)28-32-44(24)60-58(42)74-66(50(30)34)65(49(29)33)73-57(41)59-43(23)31-27-39(21)55(53)71-63-47(27)35-36(48(28)64(63)72(56)80(71,79)12-85)52(32)68-67(51(31)35)75(59)82(76(60)68)14-86(13-81(73,74)82)78(88)18-10-84-20-8-4-2-6-16(18)20/h1-10,83-84H,11-14H2. The zero-order valence-electron chi connectivity index (χ0n) is 45.3. The van der Waals surface area contributed by atoms with Crippen LogP contribution in [0.25, 0.3) is 280 Å². The number of hydrogen-bond acceptors (Lipinski definition) is 2. The second-order valence-electron chi connectivity index (χ2n) is 31.4. The molecule has 0 unspecified atom stereocenters. The lowest BCUT2D eigenvalue weighted by Gasteiger charge is -2.49. The molecule has 6 nitrogen and oxygen atoms in total. The maximum Gasteiger partial charge on any atom is 0.256 e. The summed E-state index contributed by atoms with van der Waals surface area (Å²) in [7, 11) is 0. The molecule has 6 heteroatoms. The number of benzene rings is 18. The third-order valence-electron chi connectivity index (χ3n) is 30.8. The monoisotopic (exact) mass is 1090 g/mol. The van der Waals surface area contributed by atoms with Crippen molar-refractivity contribution in [1.29, 1.82) is 0 Å². The molecule has 2 amide bonds. The minimum absolute atomic E-state index is 0.171. The molecule has 88 heavy (non-hydrogen) atoms. The Bertz CT molecular complexity index is 7530. The van der Waals surface area contributed by atoms with Crippen LogP contribution >= 0.6 is 0 Å². The topological polar surface area (TPSA) is 72.2 Å². The van der Waals surface area contributed by atoms with Crippen LogP contribution in [-0.2, 0) is 21.7 Å². The minimum Gasteiger partial charge on any atom is -0.360 e. The summed E-state index contributed by atoms with van der Waals surface area (Å²) in [5, 5.41) is 77.1. The quantitative estimate of drug-likeness (QED) is 0.169. The molecule has 0 radical (unpaired) electrons. The highest BCUT2D eigenvalue weighted by Gasteiger charge is 2.77. The first-order valence-corrected chi connectivity index (χ1v) is 32.3. The lowest BCUT2D eigenvalue weighted by molar-refractivity contribution is 0.0778. The van der Waals surface area contributed by atoms with E-state index in [1.54, 1.807) is 303 Å². The van der Waals surface area contributed by atoms with Crippen molar-refractivity contribution in [2.75, 3.05) is 26.2 Å². The predicted octanol–water partition coefficient (Wildman–Crippen LogP) is 18.1. The van der Waals surface area contributed by atoms with E-state index in [9.17, 15) is 0 Å². The summed E-state index contributed by atoms with van der Waals surface area (Å²) in [6.45, 7) is 2.68. The van der Waals surface area contributed by atoms with E-state index in [1.807, 2.05) is 12.4 Å². The molecule has 2 N–H and O–H groups in total. The zero-order valence-corrected chi connectivity index (χ0v) is 45.3. The van der Waals surface area contributed by atoms with Crippen molar-refractivity contribution in [1.82, 2.24) is 19.8 Å². The van der Waals surface area contributed by atoms with Crippen molar-refractivity contribution < 1.29 is 9.59 Å². The first-order chi connectivity index (χ1) is 43.6. The number of aromatic nitrogens is 2. The summed E-state index contributed by atoms with van der Waals surface area (Å²) in [6.07, 6.45) is 4.07. The van der Waals surface area contributed by atoms with Gasteiger partial charge in [-0.3, -0.25) is 9.59 Å². The van der Waals surface area contributed by atoms with E-state index in [1.165, 1.54) is 0 Å². The number of nitrogens with zero attached hydrogens (tertiary/aromatic N) is 2. The second kappa shape index (κ2) is 8.34. The highest BCUT2D eigenvalue weighted by molar-refractivity contribution is 6.77. The Morgan fingerprint density at radius 1 is 0.250 bits per heavy atom. The molecule has 2 fully saturated rings. The molecule has 0 bridgehead atoms. The van der Waals surface area contributed by atoms with Crippen molar-refractivity contribution in [2.45, 2.75) is 21.7 Å². The molecular formula is C82H20N4O2. The van der Waals surface area contributed by atoms with Gasteiger partial charge in [0.05, 0.1) is 32.8 Å². The maximum absolute atomic E-state index is 16.5. The fraction of sp³-hybridized carbons (Fsp3) is 0.0976. The van der Waals surface area contributed by atoms with Crippen molar-refractivity contribution in [2.24, 2.45) is 0 Å². The van der Waals surface area contributed by atoms with Gasteiger partial charge in [-0.25, -0.2) is 0 Å². The Balaban J connectivity index is 0.912. The van der Waals surface area contributed by atoms with E-state index in [0.717, 1.165) is 32.9 Å². The molecule has 4 heterocycles. The number of nitrogens with one attached hydrogen (secondary N) is 2. The van der Waals surface area contributed by atoms with Crippen LogP contribution in [0.1, 0.15) is 65.2 Å². The Morgan fingerprint density at radius 2 is 0.420 bits per heavy atom. The fourth-order valence-electron chi connectivity index (χ4n) is 30.2. The van der Waals surface area contributed by atoms with Gasteiger partial charge in [-0.2, -0.15) is 0 Å². The van der Waals surface area contributed by atoms with Crippen LogP contribution in [-0.4, -0.2) is 57.8 Å². The van der Waals surface area contributed by atoms with Crippen molar-refractivity contribution >= 4 is 292 Å². The maximum atomic E-state index is 16.5. The fourth-order valence-corrected chi connectivity index (χ4v) is 30.2. The smallest absolute Gasteiger partial charge is 0.256 e. The zero-order chi connectivity index (χ0) is 53.4. The lowest BCUT2D eigenvalue weighted by atomic mass is 9.50. The second-order valence-corrected chi connectivity index (χ2v) is 31.4. The molecule has 8 aliphatic carbocycles. The van der Waals surface area contributed by atoms with Crippen LogP contribution in [0.3, 0.4) is 0 Å². The van der Waals surface area contributed by atoms with Gasteiger partial charge in [0, 0.05) is 60.4 Å². The van der Waals surface area contributed by atoms with E-state index >= 15 is 9.59 Å². The Labute approximate surface area is 483 Å². The van der Waals surface area contributed by atoms with E-state index < -0.39 is 21.7 Å². The number of fused-ring (bicyclic) bond motifs is 2. The molecular weight excluding hydrogens is 1070 g/mol. The van der Waals surface area contributed by atoms with Crippen LogP contribution < -0.4 is 0 Å². The summed E-state index contributed by atoms with van der Waals surface area (Å²) in [4.78, 5) is 45.1. The molecule has 2 aliphatic heterocycles. The molecule has 26 aromatic carbocycles. The number of hydrogen-bond donors (Lipinski definition) is 2. The first kappa shape index (κ1) is 35.0. The SMILES string of the molecule is O=C(c1c[nH]c2ccccc12)N1CC23c4c5c6c7c8c9c(c%10c%11c2c2c4c4c%12c5c5c6c6c8c8c%13c%14c%15c%16c%17c%18c%19c%20c%21c%22c%23c(c%14c%14c%24c%23c%23c%22c%22c%20c(c2c%22c%11c%23c%10c%24c9c%148)c4c%19c%12c%17c5c%16c%136)C%152CN(C(=O)c4c[nH]c5ccccc45)CC%18%212)C73C1. The Kier molecular flexibility index (Phi) is 3.31. The van der Waals surface area contributed by atoms with Crippen LogP contribution in [0.2, 0.25) is 0 Å². The van der Waals surface area contributed by atoms with Gasteiger partial charge in [-0.1, -0.05) is 36.4 Å². The first-order valence-electron chi connectivity index (χ1n) is 32.3. The molecule has 28 aromatic rings. The number of carbonyl (C=O) groups excluding carboxylic acids is 2. The summed E-state index contributed by atoms with van der Waals surface area (Å²) in [6, 6.07) is 17.0. The molecule has 10 aliphatic rings. The third-order valence-corrected chi connectivity index (χ3v) is 30.8. The summed E-state index contributed by atoms with van der Waals surface area (Å²) >= 11 is 0. The van der Waals surface area contributed by atoms with Crippen LogP contribution in [0, 0.1) is 0 Å². The number of H-pyrrole nitrogens is 2. The van der Waals surface area contributed by atoms with E-state index in [4.69, 9.17) is 0 Å². The number of rotatable bonds is 2. The predicted molar refractivity (Wildman–Crippen MR) is 355 cm³/mol. The van der Waals surface area contributed by atoms with Gasteiger partial charge in [0.15, 0.2) is 0 Å². The highest BCUT2D eigenvalue weighted by Crippen LogP contribution is 2.88. The molecule has 2 saturated heterocycles. The third kappa shape index (κ3) is 2.03. The normalized spacial score (nSPS) is 24.9. The summed E-state index contributed by atoms with van der Waals surface area (Å²) in [5.74, 6) is 0.342. The van der Waals surface area contributed by atoms with Crippen molar-refractivity contribution in [3.05, 3.63) is 117 Å². The van der Waals surface area contributed by atoms with Gasteiger partial charge in [0.1, 0.15) is 0 Å². The van der Waals surface area contributed by atoms with Gasteiger partial charge in [-0.15, -0.1) is 0 Å². The molecule has 0 saturated carbocycles. The molecule has 0 atom stereocenters. The van der Waals surface area contributed by atoms with Gasteiger partial charge in [0.2, 0.25) is 0 Å². The molecule has 38 rings (SSSR count). The summed E-state index contributed by atoms with van der Waals surface area (Å²) < 4.78 is 0. The average Bonchev–Trinajstić information content (AvgIpc) is 1.38. The van der Waals surface area contributed by atoms with E-state index in [0.29, 0.717) is 26.2 Å². The lowest BCUT2D eigenvalue weighted by Crippen LogP contribution is -2.51. The molecule has 2 aromatic heterocycles. The van der Waals surface area contributed by atoms with Crippen molar-refractivity contribution in [3.63, 3.8) is 0 Å². The Morgan fingerprint density at radius 3 is 0.614 bits per heavy atom. The van der Waals surface area contributed by atoms with Gasteiger partial charge < -0.3 is 19.8 Å². The highest BCUT2D eigenvalue weighted by atomic mass is 16.2.